The van der Waals surface area contributed by atoms with E-state index in [1.54, 1.807) is 6.92 Å². The maximum atomic E-state index is 12.9. The van der Waals surface area contributed by atoms with Gasteiger partial charge in [-0.3, -0.25) is 19.2 Å². The van der Waals surface area contributed by atoms with Gasteiger partial charge in [-0.15, -0.1) is 0 Å². The van der Waals surface area contributed by atoms with Crippen LogP contribution in [0.2, 0.25) is 0 Å². The summed E-state index contributed by atoms with van der Waals surface area (Å²) in [5.74, 6) is -4.84. The zero-order valence-corrected chi connectivity index (χ0v) is 18.3. The zero-order chi connectivity index (χ0) is 22.8. The molecule has 6 nitrogen and oxygen atoms in total. The van der Waals surface area contributed by atoms with Gasteiger partial charge in [-0.2, -0.15) is 0 Å². The minimum absolute atomic E-state index is 0.0336. The third-order valence-electron chi connectivity index (χ3n) is 7.22. The van der Waals surface area contributed by atoms with Crippen molar-refractivity contribution in [3.63, 3.8) is 0 Å². The largest absolute Gasteiger partial charge is 0.393 e. The number of hydrogen-bond acceptors (Lipinski definition) is 6. The number of carbonyl (C=O) groups excluding carboxylic acids is 4. The maximum absolute atomic E-state index is 12.9. The summed E-state index contributed by atoms with van der Waals surface area (Å²) in [6.45, 7) is 3.72. The smallest absolute Gasteiger partial charge is 0.317 e. The molecule has 1 aromatic carbocycles. The molecule has 168 valence electrons. The van der Waals surface area contributed by atoms with E-state index in [2.05, 4.69) is 0 Å². The van der Waals surface area contributed by atoms with Crippen LogP contribution in [0.4, 0.5) is 0 Å². The van der Waals surface area contributed by atoms with Crippen molar-refractivity contribution in [2.75, 3.05) is 0 Å². The summed E-state index contributed by atoms with van der Waals surface area (Å²) >= 11 is 0. The molecule has 2 heterocycles. The van der Waals surface area contributed by atoms with Crippen molar-refractivity contribution in [2.45, 2.75) is 39.0 Å². The highest BCUT2D eigenvalue weighted by Gasteiger charge is 2.52. The van der Waals surface area contributed by atoms with E-state index >= 15 is 0 Å². The standard InChI is InChI=1S/C26H28O6/c1-15(17-9-5-3-6-10-17)13-21-22(26(30)32-25(21)29)20(18-11-7-4-8-12-18)14-19-16(2)23(27)31-24(19)28/h3-11,15-16,18-22H,12-14H2,1-2H3. The van der Waals surface area contributed by atoms with E-state index in [9.17, 15) is 19.2 Å². The number of esters is 4. The van der Waals surface area contributed by atoms with Crippen molar-refractivity contribution in [1.29, 1.82) is 0 Å². The number of carbonyl (C=O) groups is 4. The molecule has 0 amide bonds. The average molecular weight is 437 g/mol. The van der Waals surface area contributed by atoms with Gasteiger partial charge in [0, 0.05) is 0 Å². The van der Waals surface area contributed by atoms with E-state index < -0.39 is 47.5 Å². The Balaban J connectivity index is 1.63. The van der Waals surface area contributed by atoms with Gasteiger partial charge in [-0.25, -0.2) is 0 Å². The van der Waals surface area contributed by atoms with Gasteiger partial charge in [-0.05, 0) is 42.6 Å². The zero-order valence-electron chi connectivity index (χ0n) is 18.3. The molecule has 32 heavy (non-hydrogen) atoms. The fraction of sp³-hybridized carbons (Fsp3) is 0.462. The highest BCUT2D eigenvalue weighted by molar-refractivity contribution is 5.97. The molecule has 0 bridgehead atoms. The Morgan fingerprint density at radius 3 is 2.19 bits per heavy atom. The van der Waals surface area contributed by atoms with Crippen LogP contribution in [0.3, 0.4) is 0 Å². The summed E-state index contributed by atoms with van der Waals surface area (Å²) in [7, 11) is 0. The normalized spacial score (nSPS) is 31.5. The van der Waals surface area contributed by atoms with E-state index in [0.717, 1.165) is 5.56 Å². The molecule has 2 saturated heterocycles. The van der Waals surface area contributed by atoms with Crippen LogP contribution in [-0.4, -0.2) is 23.9 Å². The third kappa shape index (κ3) is 4.31. The van der Waals surface area contributed by atoms with E-state index in [0.29, 0.717) is 19.3 Å². The summed E-state index contributed by atoms with van der Waals surface area (Å²) in [6.07, 6.45) is 9.38. The molecule has 0 spiro atoms. The van der Waals surface area contributed by atoms with Crippen LogP contribution in [-0.2, 0) is 28.7 Å². The fourth-order valence-electron chi connectivity index (χ4n) is 5.30. The number of rotatable bonds is 7. The first kappa shape index (κ1) is 22.2. The first-order valence-electron chi connectivity index (χ1n) is 11.3. The molecule has 4 rings (SSSR count). The predicted octanol–water partition coefficient (Wildman–Crippen LogP) is 3.97. The second-order valence-electron chi connectivity index (χ2n) is 9.17. The molecule has 7 unspecified atom stereocenters. The molecule has 7 atom stereocenters. The molecule has 3 aliphatic rings. The van der Waals surface area contributed by atoms with Gasteiger partial charge in [0.05, 0.1) is 23.7 Å². The lowest BCUT2D eigenvalue weighted by Gasteiger charge is -2.33. The Labute approximate surface area is 187 Å². The average Bonchev–Trinajstić information content (AvgIpc) is 3.20. The molecule has 0 radical (unpaired) electrons. The maximum Gasteiger partial charge on any atom is 0.317 e. The van der Waals surface area contributed by atoms with Crippen LogP contribution >= 0.6 is 0 Å². The minimum Gasteiger partial charge on any atom is -0.393 e. The molecule has 2 aliphatic heterocycles. The van der Waals surface area contributed by atoms with Gasteiger partial charge in [0.1, 0.15) is 0 Å². The van der Waals surface area contributed by atoms with Gasteiger partial charge in [-0.1, -0.05) is 68.5 Å². The van der Waals surface area contributed by atoms with Crippen LogP contribution < -0.4 is 0 Å². The Morgan fingerprint density at radius 1 is 0.875 bits per heavy atom. The second kappa shape index (κ2) is 9.23. The fourth-order valence-corrected chi connectivity index (χ4v) is 5.30. The van der Waals surface area contributed by atoms with Crippen molar-refractivity contribution in [1.82, 2.24) is 0 Å². The summed E-state index contributed by atoms with van der Waals surface area (Å²) in [5.41, 5.74) is 1.09. The summed E-state index contributed by atoms with van der Waals surface area (Å²) < 4.78 is 9.97. The number of allylic oxidation sites excluding steroid dienone is 4. The topological polar surface area (TPSA) is 86.7 Å². The first-order valence-corrected chi connectivity index (χ1v) is 11.3. The number of hydrogen-bond donors (Lipinski definition) is 0. The van der Waals surface area contributed by atoms with Crippen LogP contribution in [0.25, 0.3) is 0 Å². The molecule has 0 N–H and O–H groups in total. The van der Waals surface area contributed by atoms with Gasteiger partial charge >= 0.3 is 23.9 Å². The Hall–Kier alpha value is -3.02. The van der Waals surface area contributed by atoms with E-state index in [4.69, 9.17) is 9.47 Å². The minimum atomic E-state index is -0.662. The van der Waals surface area contributed by atoms with E-state index in [1.165, 1.54) is 0 Å². The van der Waals surface area contributed by atoms with E-state index in [-0.39, 0.29) is 17.8 Å². The molecule has 1 aliphatic carbocycles. The molecule has 0 saturated carbocycles. The van der Waals surface area contributed by atoms with Gasteiger partial charge in [0.25, 0.3) is 0 Å². The third-order valence-corrected chi connectivity index (χ3v) is 7.22. The van der Waals surface area contributed by atoms with Crippen molar-refractivity contribution in [3.8, 4) is 0 Å². The van der Waals surface area contributed by atoms with Crippen molar-refractivity contribution >= 4 is 23.9 Å². The Kier molecular flexibility index (Phi) is 6.40. The molecular formula is C26H28O6. The SMILES string of the molecule is CC(CC1C(=O)OC(=O)C1C(CC1C(=O)OC(=O)C1C)C1C=CC=CC1)c1ccccc1. The monoisotopic (exact) mass is 436 g/mol. The highest BCUT2D eigenvalue weighted by atomic mass is 16.6. The molecule has 6 heteroatoms. The van der Waals surface area contributed by atoms with Gasteiger partial charge in [0.2, 0.25) is 0 Å². The molecule has 2 fully saturated rings. The summed E-state index contributed by atoms with van der Waals surface area (Å²) in [5, 5.41) is 0. The highest BCUT2D eigenvalue weighted by Crippen LogP contribution is 2.45. The van der Waals surface area contributed by atoms with Crippen LogP contribution in [0.15, 0.2) is 54.6 Å². The quantitative estimate of drug-likeness (QED) is 0.475. The molecule has 0 aromatic heterocycles. The predicted molar refractivity (Wildman–Crippen MR) is 116 cm³/mol. The van der Waals surface area contributed by atoms with Gasteiger partial charge < -0.3 is 9.47 Å². The number of cyclic esters (lactones) is 4. The lowest BCUT2D eigenvalue weighted by Crippen LogP contribution is -2.35. The first-order chi connectivity index (χ1) is 15.4. The Morgan fingerprint density at radius 2 is 1.56 bits per heavy atom. The van der Waals surface area contributed by atoms with Crippen LogP contribution in [0.1, 0.15) is 44.6 Å². The van der Waals surface area contributed by atoms with Crippen LogP contribution in [0, 0.1) is 35.5 Å². The van der Waals surface area contributed by atoms with Gasteiger partial charge in [0.15, 0.2) is 0 Å². The summed E-state index contributed by atoms with van der Waals surface area (Å²) in [6, 6.07) is 9.86. The van der Waals surface area contributed by atoms with E-state index in [1.807, 2.05) is 61.6 Å². The molecule has 1 aromatic rings. The number of ether oxygens (including phenoxy) is 2. The van der Waals surface area contributed by atoms with Crippen molar-refractivity contribution in [2.24, 2.45) is 35.5 Å². The number of benzene rings is 1. The lowest BCUT2D eigenvalue weighted by atomic mass is 9.67. The molecular weight excluding hydrogens is 408 g/mol. The second-order valence-corrected chi connectivity index (χ2v) is 9.17. The summed E-state index contributed by atoms with van der Waals surface area (Å²) in [4.78, 5) is 50.0. The van der Waals surface area contributed by atoms with Crippen molar-refractivity contribution in [3.05, 3.63) is 60.2 Å². The lowest BCUT2D eigenvalue weighted by molar-refractivity contribution is -0.156. The van der Waals surface area contributed by atoms with Crippen LogP contribution in [0.5, 0.6) is 0 Å². The Bertz CT molecular complexity index is 962. The van der Waals surface area contributed by atoms with Crippen molar-refractivity contribution < 1.29 is 28.7 Å².